The molecule has 0 unspecified atom stereocenters. The standard InChI is InChI=1S/C9H9ClN2O2/c10-8-2-1-6-4-12(9(11)13)14-5-7(6)3-8/h1-3H,4-5H2,(H2,11,13). The van der Waals surface area contributed by atoms with Crippen LogP contribution in [0.5, 0.6) is 0 Å². The summed E-state index contributed by atoms with van der Waals surface area (Å²) in [6.45, 7) is 0.709. The Morgan fingerprint density at radius 3 is 3.00 bits per heavy atom. The Morgan fingerprint density at radius 2 is 2.29 bits per heavy atom. The number of amides is 2. The summed E-state index contributed by atoms with van der Waals surface area (Å²) in [6, 6.07) is 4.90. The van der Waals surface area contributed by atoms with E-state index in [-0.39, 0.29) is 0 Å². The summed E-state index contributed by atoms with van der Waals surface area (Å²) >= 11 is 5.81. The molecule has 0 spiro atoms. The molecule has 4 nitrogen and oxygen atoms in total. The number of carbonyl (C=O) groups is 1. The van der Waals surface area contributed by atoms with E-state index in [1.165, 1.54) is 0 Å². The van der Waals surface area contributed by atoms with Crippen LogP contribution in [0.25, 0.3) is 0 Å². The number of nitrogens with zero attached hydrogens (tertiary/aromatic N) is 1. The monoisotopic (exact) mass is 212 g/mol. The largest absolute Gasteiger partial charge is 0.350 e. The van der Waals surface area contributed by atoms with E-state index in [9.17, 15) is 4.79 Å². The average molecular weight is 213 g/mol. The zero-order valence-corrected chi connectivity index (χ0v) is 8.12. The molecule has 0 radical (unpaired) electrons. The number of nitrogens with two attached hydrogens (primary N) is 1. The van der Waals surface area contributed by atoms with E-state index >= 15 is 0 Å². The van der Waals surface area contributed by atoms with Crippen molar-refractivity contribution >= 4 is 17.6 Å². The summed E-state index contributed by atoms with van der Waals surface area (Å²) in [5.74, 6) is 0. The summed E-state index contributed by atoms with van der Waals surface area (Å²) in [6.07, 6.45) is 0. The van der Waals surface area contributed by atoms with Gasteiger partial charge in [-0.2, -0.15) is 5.06 Å². The van der Waals surface area contributed by atoms with Crippen LogP contribution in [0.1, 0.15) is 11.1 Å². The highest BCUT2D eigenvalue weighted by Crippen LogP contribution is 2.22. The van der Waals surface area contributed by atoms with Gasteiger partial charge in [-0.25, -0.2) is 4.79 Å². The predicted molar refractivity (Wildman–Crippen MR) is 51.4 cm³/mol. The summed E-state index contributed by atoms with van der Waals surface area (Å²) in [5, 5.41) is 1.80. The fraction of sp³-hybridized carbons (Fsp3) is 0.222. The van der Waals surface area contributed by atoms with Gasteiger partial charge in [0.15, 0.2) is 0 Å². The van der Waals surface area contributed by atoms with E-state index in [1.807, 2.05) is 12.1 Å². The Hall–Kier alpha value is -1.26. The van der Waals surface area contributed by atoms with Crippen molar-refractivity contribution in [1.82, 2.24) is 5.06 Å². The second-order valence-electron chi connectivity index (χ2n) is 3.06. The van der Waals surface area contributed by atoms with Crippen molar-refractivity contribution < 1.29 is 9.63 Å². The maximum Gasteiger partial charge on any atom is 0.339 e. The summed E-state index contributed by atoms with van der Waals surface area (Å²) in [7, 11) is 0. The molecule has 1 aromatic carbocycles. The summed E-state index contributed by atoms with van der Waals surface area (Å²) in [4.78, 5) is 15.9. The molecule has 1 aliphatic heterocycles. The Bertz CT molecular complexity index is 381. The van der Waals surface area contributed by atoms with Crippen LogP contribution < -0.4 is 5.73 Å². The van der Waals surface area contributed by atoms with E-state index in [0.717, 1.165) is 16.2 Å². The SMILES string of the molecule is NC(=O)N1Cc2ccc(Cl)cc2CO1. The zero-order valence-electron chi connectivity index (χ0n) is 7.37. The molecule has 0 bridgehead atoms. The van der Waals surface area contributed by atoms with Crippen molar-refractivity contribution in [2.24, 2.45) is 5.73 Å². The van der Waals surface area contributed by atoms with Crippen molar-refractivity contribution in [2.75, 3.05) is 0 Å². The zero-order chi connectivity index (χ0) is 10.1. The summed E-state index contributed by atoms with van der Waals surface area (Å²) in [5.41, 5.74) is 7.10. The first-order chi connectivity index (χ1) is 6.66. The number of carbonyl (C=O) groups excluding carboxylic acids is 1. The predicted octanol–water partition coefficient (Wildman–Crippen LogP) is 1.67. The lowest BCUT2D eigenvalue weighted by Gasteiger charge is -2.26. The Kier molecular flexibility index (Phi) is 2.31. The van der Waals surface area contributed by atoms with Crippen molar-refractivity contribution in [3.8, 4) is 0 Å². The third-order valence-electron chi connectivity index (χ3n) is 2.10. The second kappa shape index (κ2) is 3.48. The molecule has 14 heavy (non-hydrogen) atoms. The number of rotatable bonds is 0. The van der Waals surface area contributed by atoms with Gasteiger partial charge >= 0.3 is 6.03 Å². The highest BCUT2D eigenvalue weighted by Gasteiger charge is 2.19. The number of hydrogen-bond acceptors (Lipinski definition) is 2. The van der Waals surface area contributed by atoms with Crippen LogP contribution in [0, 0.1) is 0 Å². The lowest BCUT2D eigenvalue weighted by atomic mass is 10.1. The molecule has 2 amide bonds. The van der Waals surface area contributed by atoms with Crippen LogP contribution in [-0.4, -0.2) is 11.1 Å². The molecule has 0 saturated heterocycles. The van der Waals surface area contributed by atoms with E-state index < -0.39 is 6.03 Å². The molecule has 1 heterocycles. The third kappa shape index (κ3) is 1.66. The molecule has 0 aliphatic carbocycles. The Morgan fingerprint density at radius 1 is 1.50 bits per heavy atom. The minimum atomic E-state index is -0.578. The lowest BCUT2D eigenvalue weighted by Crippen LogP contribution is -2.37. The van der Waals surface area contributed by atoms with Gasteiger partial charge in [0.2, 0.25) is 0 Å². The smallest absolute Gasteiger partial charge is 0.339 e. The third-order valence-corrected chi connectivity index (χ3v) is 2.34. The van der Waals surface area contributed by atoms with Gasteiger partial charge in [-0.3, -0.25) is 4.84 Å². The Labute approximate surface area is 86.2 Å². The quantitative estimate of drug-likeness (QED) is 0.711. The first kappa shape index (κ1) is 9.30. The van der Waals surface area contributed by atoms with Crippen LogP contribution in [-0.2, 0) is 18.0 Å². The fourth-order valence-corrected chi connectivity index (χ4v) is 1.57. The van der Waals surface area contributed by atoms with E-state index in [4.69, 9.17) is 22.2 Å². The number of hydrogen-bond donors (Lipinski definition) is 1. The minimum absolute atomic E-state index is 0.332. The minimum Gasteiger partial charge on any atom is -0.350 e. The van der Waals surface area contributed by atoms with Crippen LogP contribution in [0.3, 0.4) is 0 Å². The van der Waals surface area contributed by atoms with Crippen LogP contribution >= 0.6 is 11.6 Å². The molecule has 1 aromatic rings. The van der Waals surface area contributed by atoms with Gasteiger partial charge in [0, 0.05) is 5.02 Å². The van der Waals surface area contributed by atoms with Crippen molar-refractivity contribution in [2.45, 2.75) is 13.2 Å². The molecule has 74 valence electrons. The van der Waals surface area contributed by atoms with Gasteiger partial charge in [-0.1, -0.05) is 17.7 Å². The average Bonchev–Trinajstić information content (AvgIpc) is 2.16. The van der Waals surface area contributed by atoms with Gasteiger partial charge < -0.3 is 5.73 Å². The lowest BCUT2D eigenvalue weighted by molar-refractivity contribution is -0.142. The van der Waals surface area contributed by atoms with Gasteiger partial charge in [0.25, 0.3) is 0 Å². The van der Waals surface area contributed by atoms with Gasteiger partial charge in [0.05, 0.1) is 6.54 Å². The second-order valence-corrected chi connectivity index (χ2v) is 3.50. The van der Waals surface area contributed by atoms with Crippen molar-refractivity contribution in [3.05, 3.63) is 34.3 Å². The van der Waals surface area contributed by atoms with Crippen LogP contribution in [0.15, 0.2) is 18.2 Å². The number of hydroxylamine groups is 2. The normalized spacial score (nSPS) is 15.1. The Balaban J connectivity index is 2.27. The first-order valence-electron chi connectivity index (χ1n) is 4.14. The highest BCUT2D eigenvalue weighted by atomic mass is 35.5. The molecule has 2 rings (SSSR count). The van der Waals surface area contributed by atoms with Crippen molar-refractivity contribution in [3.63, 3.8) is 0 Å². The van der Waals surface area contributed by atoms with E-state index in [2.05, 4.69) is 0 Å². The molecule has 2 N–H and O–H groups in total. The molecule has 0 aromatic heterocycles. The summed E-state index contributed by atoms with van der Waals surface area (Å²) < 4.78 is 0. The van der Waals surface area contributed by atoms with Crippen LogP contribution in [0.4, 0.5) is 4.79 Å². The maximum absolute atomic E-state index is 10.8. The van der Waals surface area contributed by atoms with Gasteiger partial charge in [-0.05, 0) is 23.3 Å². The highest BCUT2D eigenvalue weighted by molar-refractivity contribution is 6.30. The number of halogens is 1. The van der Waals surface area contributed by atoms with E-state index in [0.29, 0.717) is 18.2 Å². The molecular formula is C9H9ClN2O2. The van der Waals surface area contributed by atoms with Crippen molar-refractivity contribution in [1.29, 1.82) is 0 Å². The topological polar surface area (TPSA) is 55.6 Å². The molecule has 0 fully saturated rings. The molecule has 5 heteroatoms. The molecule has 0 atom stereocenters. The number of urea groups is 1. The van der Waals surface area contributed by atoms with Gasteiger partial charge in [0.1, 0.15) is 6.61 Å². The first-order valence-corrected chi connectivity index (χ1v) is 4.52. The number of primary amides is 1. The van der Waals surface area contributed by atoms with Gasteiger partial charge in [-0.15, -0.1) is 0 Å². The number of fused-ring (bicyclic) bond motifs is 1. The molecule has 1 aliphatic rings. The fourth-order valence-electron chi connectivity index (χ4n) is 1.37. The number of benzene rings is 1. The maximum atomic E-state index is 10.8. The van der Waals surface area contributed by atoms with Crippen LogP contribution in [0.2, 0.25) is 5.02 Å². The van der Waals surface area contributed by atoms with E-state index in [1.54, 1.807) is 6.07 Å². The molecule has 0 saturated carbocycles. The molecular weight excluding hydrogens is 204 g/mol.